The number of piperazine rings is 1. The highest BCUT2D eigenvalue weighted by atomic mass is 16.6. The normalized spacial score (nSPS) is 15.2. The maximum absolute atomic E-state index is 12.1. The molecule has 24 heavy (non-hydrogen) atoms. The third-order valence-corrected chi connectivity index (χ3v) is 4.01. The molecule has 1 fully saturated rings. The van der Waals surface area contributed by atoms with Crippen LogP contribution in [-0.2, 0) is 9.53 Å². The number of nitrogens with zero attached hydrogens (tertiary/aromatic N) is 3. The van der Waals surface area contributed by atoms with E-state index in [1.165, 1.54) is 0 Å². The minimum absolute atomic E-state index is 0.00808. The molecule has 1 aromatic carbocycles. The molecule has 6 heteroatoms. The second kappa shape index (κ2) is 7.11. The second-order valence-electron chi connectivity index (χ2n) is 7.05. The number of carbonyl (C=O) groups excluding carboxylic acids is 2. The Balaban J connectivity index is 1.92. The van der Waals surface area contributed by atoms with Crippen LogP contribution in [0, 0.1) is 0 Å². The molecule has 2 rings (SSSR count). The van der Waals surface area contributed by atoms with Crippen LogP contribution in [0.25, 0.3) is 0 Å². The van der Waals surface area contributed by atoms with E-state index >= 15 is 0 Å². The molecule has 0 bridgehead atoms. The van der Waals surface area contributed by atoms with Crippen LogP contribution in [0.5, 0.6) is 0 Å². The Morgan fingerprint density at radius 3 is 2.04 bits per heavy atom. The standard InChI is InChI=1S/C18H27N3O3/c1-14(22)19(5)15-6-8-16(9-7-15)20-10-12-21(13-11-20)17(23)24-18(2,3)4/h6-9H,10-13H2,1-5H3. The van der Waals surface area contributed by atoms with Crippen molar-refractivity contribution in [2.45, 2.75) is 33.3 Å². The molecule has 0 N–H and O–H groups in total. The number of anilines is 2. The highest BCUT2D eigenvalue weighted by molar-refractivity contribution is 5.91. The minimum Gasteiger partial charge on any atom is -0.444 e. The first-order chi connectivity index (χ1) is 11.2. The average molecular weight is 333 g/mol. The number of benzene rings is 1. The summed E-state index contributed by atoms with van der Waals surface area (Å²) < 4.78 is 5.41. The summed E-state index contributed by atoms with van der Waals surface area (Å²) in [5.41, 5.74) is 1.51. The Hall–Kier alpha value is -2.24. The molecular weight excluding hydrogens is 306 g/mol. The van der Waals surface area contributed by atoms with Gasteiger partial charge in [0.1, 0.15) is 5.60 Å². The van der Waals surface area contributed by atoms with Gasteiger partial charge in [-0.05, 0) is 45.0 Å². The monoisotopic (exact) mass is 333 g/mol. The smallest absolute Gasteiger partial charge is 0.410 e. The molecule has 1 saturated heterocycles. The van der Waals surface area contributed by atoms with Crippen LogP contribution in [0.1, 0.15) is 27.7 Å². The largest absolute Gasteiger partial charge is 0.444 e. The zero-order valence-electron chi connectivity index (χ0n) is 15.2. The molecule has 0 spiro atoms. The molecule has 1 aromatic rings. The predicted octanol–water partition coefficient (Wildman–Crippen LogP) is 2.73. The maximum atomic E-state index is 12.1. The molecule has 6 nitrogen and oxygen atoms in total. The van der Waals surface area contributed by atoms with Crippen molar-refractivity contribution < 1.29 is 14.3 Å². The van der Waals surface area contributed by atoms with E-state index in [1.54, 1.807) is 23.8 Å². The highest BCUT2D eigenvalue weighted by Crippen LogP contribution is 2.22. The molecule has 1 aliphatic rings. The Bertz CT molecular complexity index is 585. The predicted molar refractivity (Wildman–Crippen MR) is 95.5 cm³/mol. The summed E-state index contributed by atoms with van der Waals surface area (Å²) in [7, 11) is 1.76. The van der Waals surface area contributed by atoms with Gasteiger partial charge in [-0.25, -0.2) is 4.79 Å². The van der Waals surface area contributed by atoms with Crippen LogP contribution in [0.4, 0.5) is 16.2 Å². The Morgan fingerprint density at radius 1 is 1.04 bits per heavy atom. The van der Waals surface area contributed by atoms with Crippen molar-refractivity contribution >= 4 is 23.4 Å². The summed E-state index contributed by atoms with van der Waals surface area (Å²) in [6, 6.07) is 7.91. The van der Waals surface area contributed by atoms with E-state index in [0.29, 0.717) is 13.1 Å². The van der Waals surface area contributed by atoms with Gasteiger partial charge < -0.3 is 19.4 Å². The van der Waals surface area contributed by atoms with Crippen molar-refractivity contribution in [3.8, 4) is 0 Å². The Morgan fingerprint density at radius 2 is 1.58 bits per heavy atom. The van der Waals surface area contributed by atoms with E-state index in [2.05, 4.69) is 4.90 Å². The summed E-state index contributed by atoms with van der Waals surface area (Å²) in [5.74, 6) is 0.00808. The first-order valence-corrected chi connectivity index (χ1v) is 8.24. The lowest BCUT2D eigenvalue weighted by atomic mass is 10.2. The van der Waals surface area contributed by atoms with Gasteiger partial charge in [0.05, 0.1) is 0 Å². The fourth-order valence-corrected chi connectivity index (χ4v) is 2.54. The summed E-state index contributed by atoms with van der Waals surface area (Å²) in [6.45, 7) is 9.99. The molecule has 0 atom stereocenters. The molecule has 0 aromatic heterocycles. The van der Waals surface area contributed by atoms with Crippen LogP contribution in [0.15, 0.2) is 24.3 Å². The van der Waals surface area contributed by atoms with Crippen molar-refractivity contribution in [2.75, 3.05) is 43.0 Å². The average Bonchev–Trinajstić information content (AvgIpc) is 2.53. The highest BCUT2D eigenvalue weighted by Gasteiger charge is 2.25. The van der Waals surface area contributed by atoms with Crippen molar-refractivity contribution in [3.63, 3.8) is 0 Å². The van der Waals surface area contributed by atoms with Gasteiger partial charge in [0.2, 0.25) is 5.91 Å². The third-order valence-electron chi connectivity index (χ3n) is 4.01. The van der Waals surface area contributed by atoms with Crippen LogP contribution in [0.2, 0.25) is 0 Å². The molecule has 2 amide bonds. The number of carbonyl (C=O) groups is 2. The molecule has 0 saturated carbocycles. The van der Waals surface area contributed by atoms with Gasteiger partial charge in [-0.15, -0.1) is 0 Å². The molecule has 0 radical (unpaired) electrons. The first kappa shape index (κ1) is 18.1. The number of hydrogen-bond donors (Lipinski definition) is 0. The van der Waals surface area contributed by atoms with Gasteiger partial charge in [0, 0.05) is 51.5 Å². The lowest BCUT2D eigenvalue weighted by Crippen LogP contribution is -2.50. The van der Waals surface area contributed by atoms with Gasteiger partial charge in [0.15, 0.2) is 0 Å². The van der Waals surface area contributed by atoms with Crippen molar-refractivity contribution in [2.24, 2.45) is 0 Å². The number of hydrogen-bond acceptors (Lipinski definition) is 4. The van der Waals surface area contributed by atoms with E-state index in [9.17, 15) is 9.59 Å². The first-order valence-electron chi connectivity index (χ1n) is 8.24. The van der Waals surface area contributed by atoms with E-state index in [1.807, 2.05) is 45.0 Å². The third kappa shape index (κ3) is 4.63. The lowest BCUT2D eigenvalue weighted by molar-refractivity contribution is -0.116. The van der Waals surface area contributed by atoms with E-state index in [4.69, 9.17) is 4.74 Å². The van der Waals surface area contributed by atoms with Crippen molar-refractivity contribution in [3.05, 3.63) is 24.3 Å². The van der Waals surface area contributed by atoms with Gasteiger partial charge >= 0.3 is 6.09 Å². The maximum Gasteiger partial charge on any atom is 0.410 e. The number of ether oxygens (including phenoxy) is 1. The molecule has 1 heterocycles. The van der Waals surface area contributed by atoms with E-state index in [0.717, 1.165) is 24.5 Å². The second-order valence-corrected chi connectivity index (χ2v) is 7.05. The zero-order valence-corrected chi connectivity index (χ0v) is 15.2. The zero-order chi connectivity index (χ0) is 17.9. The lowest BCUT2D eigenvalue weighted by Gasteiger charge is -2.36. The number of amides is 2. The molecule has 1 aliphatic heterocycles. The van der Waals surface area contributed by atoms with Crippen LogP contribution in [0.3, 0.4) is 0 Å². The quantitative estimate of drug-likeness (QED) is 0.835. The SMILES string of the molecule is CC(=O)N(C)c1ccc(N2CCN(C(=O)OC(C)(C)C)CC2)cc1. The summed E-state index contributed by atoms with van der Waals surface area (Å²) in [6.07, 6.45) is -0.249. The fourth-order valence-electron chi connectivity index (χ4n) is 2.54. The Labute approximate surface area is 144 Å². The van der Waals surface area contributed by atoms with Crippen molar-refractivity contribution in [1.82, 2.24) is 4.90 Å². The van der Waals surface area contributed by atoms with Crippen molar-refractivity contribution in [1.29, 1.82) is 0 Å². The molecular formula is C18H27N3O3. The Kier molecular flexibility index (Phi) is 5.36. The summed E-state index contributed by atoms with van der Waals surface area (Å²) >= 11 is 0. The van der Waals surface area contributed by atoms with Crippen LogP contribution in [-0.4, -0.2) is 55.7 Å². The molecule has 0 unspecified atom stereocenters. The van der Waals surface area contributed by atoms with Gasteiger partial charge in [0.25, 0.3) is 0 Å². The van der Waals surface area contributed by atoms with E-state index in [-0.39, 0.29) is 12.0 Å². The van der Waals surface area contributed by atoms with Gasteiger partial charge in [-0.2, -0.15) is 0 Å². The fraction of sp³-hybridized carbons (Fsp3) is 0.556. The van der Waals surface area contributed by atoms with E-state index < -0.39 is 5.60 Å². The summed E-state index contributed by atoms with van der Waals surface area (Å²) in [5, 5.41) is 0. The van der Waals surface area contributed by atoms with Crippen LogP contribution >= 0.6 is 0 Å². The van der Waals surface area contributed by atoms with Crippen LogP contribution < -0.4 is 9.80 Å². The molecule has 0 aliphatic carbocycles. The summed E-state index contributed by atoms with van der Waals surface area (Å²) in [4.78, 5) is 29.1. The topological polar surface area (TPSA) is 53.1 Å². The van der Waals surface area contributed by atoms with Gasteiger partial charge in [-0.3, -0.25) is 4.79 Å². The molecule has 132 valence electrons. The minimum atomic E-state index is -0.465. The van der Waals surface area contributed by atoms with Gasteiger partial charge in [-0.1, -0.05) is 0 Å². The number of rotatable bonds is 2.